The van der Waals surface area contributed by atoms with Crippen molar-refractivity contribution in [1.82, 2.24) is 0 Å². The molecule has 2 bridgehead atoms. The van der Waals surface area contributed by atoms with Crippen molar-refractivity contribution >= 4 is 11.8 Å². The summed E-state index contributed by atoms with van der Waals surface area (Å²) in [6, 6.07) is 26.7. The first-order valence-electron chi connectivity index (χ1n) is 14.8. The van der Waals surface area contributed by atoms with Gasteiger partial charge in [-0.2, -0.15) is 0 Å². The molecule has 4 aliphatic rings. The van der Waals surface area contributed by atoms with Crippen molar-refractivity contribution in [3.8, 4) is 5.75 Å². The molecule has 3 fully saturated rings. The van der Waals surface area contributed by atoms with Crippen LogP contribution in [0.25, 0.3) is 0 Å². The number of anilines is 1. The molecule has 1 atom stereocenters. The molecular formula is C34H41N2O3+. The van der Waals surface area contributed by atoms with Gasteiger partial charge in [-0.15, -0.1) is 0 Å². The molecule has 3 saturated heterocycles. The first-order chi connectivity index (χ1) is 19.2. The summed E-state index contributed by atoms with van der Waals surface area (Å²) in [4.78, 5) is 15.4. The number of ether oxygens (including phenoxy) is 2. The van der Waals surface area contributed by atoms with E-state index < -0.39 is 0 Å². The molecule has 7 rings (SSSR count). The molecule has 3 aliphatic heterocycles. The Kier molecular flexibility index (Phi) is 7.87. The number of para-hydroxylation sites is 1. The van der Waals surface area contributed by atoms with E-state index in [2.05, 4.69) is 30.3 Å². The first kappa shape index (κ1) is 25.9. The molecule has 39 heavy (non-hydrogen) atoms. The number of aryl methyl sites for hydroxylation is 2. The van der Waals surface area contributed by atoms with Gasteiger partial charge in [-0.05, 0) is 66.6 Å². The number of carbonyl (C=O) groups is 1. The Labute approximate surface area is 232 Å². The summed E-state index contributed by atoms with van der Waals surface area (Å²) in [6.45, 7) is 5.61. The summed E-state index contributed by atoms with van der Waals surface area (Å²) >= 11 is 0. The first-order valence-corrected chi connectivity index (χ1v) is 14.8. The maximum Gasteiger partial charge on any atom is 0.415 e. The van der Waals surface area contributed by atoms with Gasteiger partial charge in [0.05, 0.1) is 32.8 Å². The van der Waals surface area contributed by atoms with Crippen LogP contribution in [0.3, 0.4) is 0 Å². The highest BCUT2D eigenvalue weighted by Crippen LogP contribution is 2.36. The van der Waals surface area contributed by atoms with Crippen LogP contribution in [-0.4, -0.2) is 49.5 Å². The Morgan fingerprint density at radius 2 is 1.59 bits per heavy atom. The number of benzene rings is 3. The van der Waals surface area contributed by atoms with Gasteiger partial charge in [-0.3, -0.25) is 4.90 Å². The molecule has 3 aromatic rings. The monoisotopic (exact) mass is 525 g/mol. The SMILES string of the molecule is O=C(O[C@H]1C[N+]2(CCCOc3ccc4c(c3)CCCC4)CCC1CC2)N(Cc1ccccc1)c1ccccc1. The Bertz CT molecular complexity index is 1240. The fraction of sp³-hybridized carbons (Fsp3) is 0.441. The van der Waals surface area contributed by atoms with Gasteiger partial charge in [0.2, 0.25) is 0 Å². The number of hydrogen-bond acceptors (Lipinski definition) is 3. The molecule has 204 valence electrons. The number of carbonyl (C=O) groups excluding carboxylic acids is 1. The lowest BCUT2D eigenvalue weighted by Crippen LogP contribution is -2.65. The minimum Gasteiger partial charge on any atom is -0.493 e. The molecule has 3 aromatic carbocycles. The lowest BCUT2D eigenvalue weighted by molar-refractivity contribution is -0.946. The van der Waals surface area contributed by atoms with Crippen LogP contribution in [0.5, 0.6) is 5.75 Å². The van der Waals surface area contributed by atoms with E-state index in [9.17, 15) is 4.79 Å². The Morgan fingerprint density at radius 3 is 2.36 bits per heavy atom. The van der Waals surface area contributed by atoms with E-state index >= 15 is 0 Å². The lowest BCUT2D eigenvalue weighted by Gasteiger charge is -2.52. The number of hydrogen-bond donors (Lipinski definition) is 0. The van der Waals surface area contributed by atoms with Crippen LogP contribution in [0.1, 0.15) is 48.8 Å². The molecule has 3 heterocycles. The van der Waals surface area contributed by atoms with Crippen molar-refractivity contribution in [2.45, 2.75) is 57.6 Å². The largest absolute Gasteiger partial charge is 0.493 e. The smallest absolute Gasteiger partial charge is 0.415 e. The van der Waals surface area contributed by atoms with Crippen LogP contribution in [0.4, 0.5) is 10.5 Å². The average molecular weight is 526 g/mol. The van der Waals surface area contributed by atoms with Crippen LogP contribution in [0.15, 0.2) is 78.9 Å². The maximum absolute atomic E-state index is 13.6. The quantitative estimate of drug-likeness (QED) is 0.228. The van der Waals surface area contributed by atoms with Crippen molar-refractivity contribution in [1.29, 1.82) is 0 Å². The highest BCUT2D eigenvalue weighted by atomic mass is 16.6. The summed E-state index contributed by atoms with van der Waals surface area (Å²) in [5, 5.41) is 0. The van der Waals surface area contributed by atoms with Crippen molar-refractivity contribution in [3.63, 3.8) is 0 Å². The van der Waals surface area contributed by atoms with Crippen molar-refractivity contribution in [2.75, 3.05) is 37.7 Å². The molecular weight excluding hydrogens is 484 g/mol. The van der Waals surface area contributed by atoms with E-state index in [1.807, 2.05) is 48.5 Å². The second-order valence-corrected chi connectivity index (χ2v) is 11.7. The van der Waals surface area contributed by atoms with Crippen LogP contribution in [0.2, 0.25) is 0 Å². The van der Waals surface area contributed by atoms with Gasteiger partial charge in [0.25, 0.3) is 0 Å². The van der Waals surface area contributed by atoms with Gasteiger partial charge in [0.1, 0.15) is 12.3 Å². The van der Waals surface area contributed by atoms with Gasteiger partial charge < -0.3 is 14.0 Å². The molecule has 0 saturated carbocycles. The summed E-state index contributed by atoms with van der Waals surface area (Å²) in [5.41, 5.74) is 4.93. The molecule has 1 aliphatic carbocycles. The summed E-state index contributed by atoms with van der Waals surface area (Å²) < 4.78 is 13.5. The third-order valence-electron chi connectivity index (χ3n) is 9.13. The topological polar surface area (TPSA) is 38.8 Å². The van der Waals surface area contributed by atoms with Gasteiger partial charge in [-0.1, -0.05) is 54.6 Å². The van der Waals surface area contributed by atoms with Crippen LogP contribution in [-0.2, 0) is 24.1 Å². The highest BCUT2D eigenvalue weighted by molar-refractivity contribution is 5.87. The third-order valence-corrected chi connectivity index (χ3v) is 9.13. The Balaban J connectivity index is 1.06. The minimum absolute atomic E-state index is 0.0245. The van der Waals surface area contributed by atoms with Crippen LogP contribution < -0.4 is 9.64 Å². The zero-order chi connectivity index (χ0) is 26.5. The van der Waals surface area contributed by atoms with Crippen molar-refractivity contribution in [3.05, 3.63) is 95.6 Å². The number of rotatable bonds is 9. The number of fused-ring (bicyclic) bond motifs is 4. The van der Waals surface area contributed by atoms with Crippen LogP contribution in [0, 0.1) is 5.92 Å². The zero-order valence-electron chi connectivity index (χ0n) is 23.0. The molecule has 0 unspecified atom stereocenters. The van der Waals surface area contributed by atoms with Gasteiger partial charge in [-0.25, -0.2) is 4.79 Å². The fourth-order valence-corrected chi connectivity index (χ4v) is 6.89. The van der Waals surface area contributed by atoms with Gasteiger partial charge in [0, 0.05) is 30.9 Å². The summed E-state index contributed by atoms with van der Waals surface area (Å²) in [5.74, 6) is 1.48. The zero-order valence-corrected chi connectivity index (χ0v) is 23.0. The van der Waals surface area contributed by atoms with E-state index in [1.54, 1.807) is 4.90 Å². The molecule has 1 amide bonds. The van der Waals surface area contributed by atoms with E-state index in [0.29, 0.717) is 12.5 Å². The Morgan fingerprint density at radius 1 is 0.872 bits per heavy atom. The van der Waals surface area contributed by atoms with E-state index in [4.69, 9.17) is 9.47 Å². The average Bonchev–Trinajstić information content (AvgIpc) is 2.99. The molecule has 5 nitrogen and oxygen atoms in total. The van der Waals surface area contributed by atoms with E-state index in [-0.39, 0.29) is 12.2 Å². The highest BCUT2D eigenvalue weighted by Gasteiger charge is 2.47. The predicted molar refractivity (Wildman–Crippen MR) is 155 cm³/mol. The molecule has 0 radical (unpaired) electrons. The maximum atomic E-state index is 13.6. The van der Waals surface area contributed by atoms with E-state index in [0.717, 1.165) is 60.4 Å². The number of quaternary nitrogens is 1. The van der Waals surface area contributed by atoms with Crippen molar-refractivity contribution < 1.29 is 18.8 Å². The number of amides is 1. The van der Waals surface area contributed by atoms with Crippen LogP contribution >= 0.6 is 0 Å². The number of piperidine rings is 3. The summed E-state index contributed by atoms with van der Waals surface area (Å²) in [6.07, 6.45) is 8.01. The minimum atomic E-state index is -0.238. The fourth-order valence-electron chi connectivity index (χ4n) is 6.89. The van der Waals surface area contributed by atoms with Gasteiger partial charge in [0.15, 0.2) is 6.10 Å². The predicted octanol–water partition coefficient (Wildman–Crippen LogP) is 6.79. The molecule has 5 heteroatoms. The Hall–Kier alpha value is -3.31. The third kappa shape index (κ3) is 6.14. The molecule has 0 N–H and O–H groups in total. The summed E-state index contributed by atoms with van der Waals surface area (Å²) in [7, 11) is 0. The second kappa shape index (κ2) is 11.8. The normalized spacial score (nSPS) is 23.6. The number of nitrogens with zero attached hydrogens (tertiary/aromatic N) is 2. The van der Waals surface area contributed by atoms with E-state index in [1.165, 1.54) is 49.9 Å². The molecule has 0 aromatic heterocycles. The second-order valence-electron chi connectivity index (χ2n) is 11.7. The van der Waals surface area contributed by atoms with Crippen molar-refractivity contribution in [2.24, 2.45) is 5.92 Å². The van der Waals surface area contributed by atoms with Gasteiger partial charge >= 0.3 is 6.09 Å². The molecule has 0 spiro atoms. The standard InChI is InChI=1S/C34H41N2O3/c37-34(35(31-14-5-2-6-15-31)25-27-10-3-1-4-11-27)39-33-26-36(21-18-29(33)19-22-36)20-9-23-38-32-17-16-28-12-7-8-13-30(28)24-32/h1-6,10-11,14-17,24,29,33H,7-9,12-13,18-23,25-26H2/q+1/t29?,33-,36?/m0/s1. The lowest BCUT2D eigenvalue weighted by atomic mass is 9.83.